The van der Waals surface area contributed by atoms with Gasteiger partial charge in [-0.05, 0) is 72.7 Å². The molecule has 0 atom stereocenters. The van der Waals surface area contributed by atoms with E-state index in [0.717, 1.165) is 36.8 Å². The first-order chi connectivity index (χ1) is 17.0. The van der Waals surface area contributed by atoms with Gasteiger partial charge in [-0.2, -0.15) is 4.31 Å². The molecule has 6 rings (SSSR count). The average Bonchev–Trinajstić information content (AvgIpc) is 3.79. The second-order valence-corrected chi connectivity index (χ2v) is 11.2. The van der Waals surface area contributed by atoms with Crippen molar-refractivity contribution in [2.45, 2.75) is 49.2 Å². The van der Waals surface area contributed by atoms with Crippen molar-refractivity contribution in [3.63, 3.8) is 0 Å². The summed E-state index contributed by atoms with van der Waals surface area (Å²) in [6.45, 7) is 0.267. The van der Waals surface area contributed by atoms with Gasteiger partial charge in [-0.25, -0.2) is 22.8 Å². The van der Waals surface area contributed by atoms with Gasteiger partial charge in [-0.15, -0.1) is 0 Å². The summed E-state index contributed by atoms with van der Waals surface area (Å²) in [6.07, 6.45) is 5.27. The Kier molecular flexibility index (Phi) is 5.50. The first kappa shape index (κ1) is 22.1. The standard InChI is InChI=1S/C27H25FN4O2S/c28-25-15-20(14-24-26(25)29-17-30-27(24)31-21-9-10-21)19-6-4-5-18(13-19)16-32(22-11-12-22)35(33,34)23-7-2-1-3-8-23/h1-8,13-15,17,21-22H,9-12,16H2,(H,29,30,31). The molecular weight excluding hydrogens is 463 g/mol. The van der Waals surface area contributed by atoms with Crippen LogP contribution in [0.25, 0.3) is 22.0 Å². The first-order valence-corrected chi connectivity index (χ1v) is 13.3. The summed E-state index contributed by atoms with van der Waals surface area (Å²) in [6, 6.07) is 20.0. The largest absolute Gasteiger partial charge is 0.367 e. The van der Waals surface area contributed by atoms with Gasteiger partial charge in [-0.3, -0.25) is 0 Å². The third-order valence-corrected chi connectivity index (χ3v) is 8.43. The van der Waals surface area contributed by atoms with Crippen LogP contribution in [-0.2, 0) is 16.6 Å². The van der Waals surface area contributed by atoms with E-state index in [2.05, 4.69) is 15.3 Å². The van der Waals surface area contributed by atoms with Crippen LogP contribution in [0.4, 0.5) is 10.2 Å². The highest BCUT2D eigenvalue weighted by atomic mass is 32.2. The molecule has 0 bridgehead atoms. The topological polar surface area (TPSA) is 75.2 Å². The number of hydrogen-bond donors (Lipinski definition) is 1. The number of nitrogens with zero attached hydrogens (tertiary/aromatic N) is 3. The smallest absolute Gasteiger partial charge is 0.243 e. The Morgan fingerprint density at radius 2 is 1.71 bits per heavy atom. The second kappa shape index (κ2) is 8.70. The van der Waals surface area contributed by atoms with Crippen molar-refractivity contribution in [2.24, 2.45) is 0 Å². The van der Waals surface area contributed by atoms with Crippen molar-refractivity contribution >= 4 is 26.7 Å². The molecule has 1 N–H and O–H groups in total. The molecule has 2 aliphatic carbocycles. The number of benzene rings is 3. The molecule has 0 aliphatic heterocycles. The van der Waals surface area contributed by atoms with Gasteiger partial charge in [0.05, 0.1) is 4.90 Å². The minimum Gasteiger partial charge on any atom is -0.367 e. The van der Waals surface area contributed by atoms with Gasteiger partial charge in [0.1, 0.15) is 23.5 Å². The minimum atomic E-state index is -3.61. The average molecular weight is 489 g/mol. The number of anilines is 1. The number of fused-ring (bicyclic) bond motifs is 1. The van der Waals surface area contributed by atoms with Crippen molar-refractivity contribution in [2.75, 3.05) is 5.32 Å². The monoisotopic (exact) mass is 488 g/mol. The highest BCUT2D eigenvalue weighted by molar-refractivity contribution is 7.89. The summed E-state index contributed by atoms with van der Waals surface area (Å²) in [5, 5.41) is 4.01. The SMILES string of the molecule is O=S(=O)(c1ccccc1)N(Cc1cccc(-c2cc(F)c3ncnc(NC4CC4)c3c2)c1)C1CC1. The molecule has 0 spiro atoms. The van der Waals surface area contributed by atoms with E-state index in [1.807, 2.05) is 36.4 Å². The Morgan fingerprint density at radius 1 is 0.914 bits per heavy atom. The minimum absolute atomic E-state index is 0.00943. The number of aromatic nitrogens is 2. The van der Waals surface area contributed by atoms with Gasteiger partial charge >= 0.3 is 0 Å². The van der Waals surface area contributed by atoms with Gasteiger partial charge < -0.3 is 5.32 Å². The molecule has 178 valence electrons. The fraction of sp³-hybridized carbons (Fsp3) is 0.259. The summed E-state index contributed by atoms with van der Waals surface area (Å²) in [4.78, 5) is 8.78. The molecular formula is C27H25FN4O2S. The summed E-state index contributed by atoms with van der Waals surface area (Å²) < 4.78 is 43.3. The van der Waals surface area contributed by atoms with E-state index >= 15 is 4.39 Å². The summed E-state index contributed by atoms with van der Waals surface area (Å²) in [5.41, 5.74) is 2.67. The van der Waals surface area contributed by atoms with Crippen LogP contribution in [0.2, 0.25) is 0 Å². The van der Waals surface area contributed by atoms with Crippen LogP contribution >= 0.6 is 0 Å². The lowest BCUT2D eigenvalue weighted by Gasteiger charge is -2.22. The lowest BCUT2D eigenvalue weighted by molar-refractivity contribution is 0.398. The normalized spacial score (nSPS) is 16.1. The lowest BCUT2D eigenvalue weighted by Crippen LogP contribution is -2.32. The van der Waals surface area contributed by atoms with Crippen molar-refractivity contribution in [1.82, 2.24) is 14.3 Å². The van der Waals surface area contributed by atoms with E-state index in [0.29, 0.717) is 27.7 Å². The molecule has 0 unspecified atom stereocenters. The molecule has 2 saturated carbocycles. The second-order valence-electron chi connectivity index (χ2n) is 9.29. The number of hydrogen-bond acceptors (Lipinski definition) is 5. The maximum Gasteiger partial charge on any atom is 0.243 e. The molecule has 1 heterocycles. The maximum atomic E-state index is 15.0. The van der Waals surface area contributed by atoms with Gasteiger partial charge in [-0.1, -0.05) is 36.4 Å². The molecule has 0 saturated heterocycles. The van der Waals surface area contributed by atoms with E-state index in [1.54, 1.807) is 28.6 Å². The molecule has 1 aromatic heterocycles. The molecule has 2 fully saturated rings. The summed E-state index contributed by atoms with van der Waals surface area (Å²) >= 11 is 0. The molecule has 0 amide bonds. The van der Waals surface area contributed by atoms with Crippen molar-refractivity contribution < 1.29 is 12.8 Å². The third kappa shape index (κ3) is 4.51. The fourth-order valence-electron chi connectivity index (χ4n) is 4.36. The Morgan fingerprint density at radius 3 is 2.46 bits per heavy atom. The number of rotatable bonds is 8. The zero-order valence-electron chi connectivity index (χ0n) is 19.1. The van der Waals surface area contributed by atoms with Crippen molar-refractivity contribution in [3.05, 3.63) is 84.4 Å². The van der Waals surface area contributed by atoms with E-state index in [-0.39, 0.29) is 18.1 Å². The van der Waals surface area contributed by atoms with E-state index < -0.39 is 15.8 Å². The van der Waals surface area contributed by atoms with Gasteiger partial charge in [0.2, 0.25) is 10.0 Å². The maximum absolute atomic E-state index is 15.0. The molecule has 2 aliphatic rings. The van der Waals surface area contributed by atoms with Gasteiger partial charge in [0.15, 0.2) is 0 Å². The van der Waals surface area contributed by atoms with E-state index in [1.165, 1.54) is 12.4 Å². The molecule has 0 radical (unpaired) electrons. The predicted molar refractivity (Wildman–Crippen MR) is 134 cm³/mol. The molecule has 4 aromatic rings. The highest BCUT2D eigenvalue weighted by Crippen LogP contribution is 2.35. The summed E-state index contributed by atoms with van der Waals surface area (Å²) in [5.74, 6) is 0.235. The number of halogens is 1. The predicted octanol–water partition coefficient (Wildman–Crippen LogP) is 5.36. The van der Waals surface area contributed by atoms with Crippen LogP contribution in [0.15, 0.2) is 78.0 Å². The quantitative estimate of drug-likeness (QED) is 0.361. The third-order valence-electron chi connectivity index (χ3n) is 6.51. The Balaban J connectivity index is 1.34. The Bertz CT molecular complexity index is 1500. The lowest BCUT2D eigenvalue weighted by atomic mass is 10.0. The summed E-state index contributed by atoms with van der Waals surface area (Å²) in [7, 11) is -3.61. The molecule has 8 heteroatoms. The molecule has 35 heavy (non-hydrogen) atoms. The Hall–Kier alpha value is -3.36. The van der Waals surface area contributed by atoms with Gasteiger partial charge in [0.25, 0.3) is 0 Å². The first-order valence-electron chi connectivity index (χ1n) is 11.9. The zero-order chi connectivity index (χ0) is 24.0. The molecule has 3 aromatic carbocycles. The van der Waals surface area contributed by atoms with Crippen LogP contribution < -0.4 is 5.32 Å². The van der Waals surface area contributed by atoms with Crippen LogP contribution in [0, 0.1) is 5.82 Å². The van der Waals surface area contributed by atoms with Crippen LogP contribution in [0.5, 0.6) is 0 Å². The van der Waals surface area contributed by atoms with E-state index in [4.69, 9.17) is 0 Å². The number of sulfonamides is 1. The van der Waals surface area contributed by atoms with E-state index in [9.17, 15) is 8.42 Å². The van der Waals surface area contributed by atoms with Crippen molar-refractivity contribution in [3.8, 4) is 11.1 Å². The number of nitrogens with one attached hydrogen (secondary N) is 1. The van der Waals surface area contributed by atoms with Crippen LogP contribution in [-0.4, -0.2) is 34.8 Å². The molecule has 6 nitrogen and oxygen atoms in total. The highest BCUT2D eigenvalue weighted by Gasteiger charge is 2.38. The van der Waals surface area contributed by atoms with Crippen molar-refractivity contribution in [1.29, 1.82) is 0 Å². The zero-order valence-corrected chi connectivity index (χ0v) is 19.9. The Labute approximate surface area is 203 Å². The van der Waals surface area contributed by atoms with Crippen LogP contribution in [0.3, 0.4) is 0 Å². The van der Waals surface area contributed by atoms with Gasteiger partial charge in [0, 0.05) is 24.0 Å². The fourth-order valence-corrected chi connectivity index (χ4v) is 6.05. The van der Waals surface area contributed by atoms with Crippen LogP contribution in [0.1, 0.15) is 31.2 Å².